The molecule has 14 heavy (non-hydrogen) atoms. The zero-order valence-electron chi connectivity index (χ0n) is 9.21. The minimum atomic E-state index is -0.376. The van der Waals surface area contributed by atoms with Crippen LogP contribution in [0.2, 0.25) is 0 Å². The van der Waals surface area contributed by atoms with Gasteiger partial charge in [0.2, 0.25) is 0 Å². The number of Topliss-reactive ketones (excluding diaryl/α,β-unsaturated/α-hetero) is 1. The molecule has 2 fully saturated rings. The number of hydrogen-bond donors (Lipinski definition) is 0. The van der Waals surface area contributed by atoms with Crippen LogP contribution < -0.4 is 0 Å². The van der Waals surface area contributed by atoms with E-state index in [1.807, 2.05) is 0 Å². The number of hydrogen-bond acceptors (Lipinski definition) is 2. The summed E-state index contributed by atoms with van der Waals surface area (Å²) in [6.07, 6.45) is 6.37. The second-order valence-electron chi connectivity index (χ2n) is 4.85. The number of rotatable bonds is 4. The van der Waals surface area contributed by atoms with Gasteiger partial charge in [0.05, 0.1) is 0 Å². The van der Waals surface area contributed by atoms with Crippen LogP contribution in [0.3, 0.4) is 0 Å². The van der Waals surface area contributed by atoms with Gasteiger partial charge in [-0.3, -0.25) is 4.79 Å². The van der Waals surface area contributed by atoms with E-state index >= 15 is 0 Å². The summed E-state index contributed by atoms with van der Waals surface area (Å²) in [5.41, 5.74) is -0.376. The molecule has 3 unspecified atom stereocenters. The number of ketones is 1. The van der Waals surface area contributed by atoms with Gasteiger partial charge in [-0.1, -0.05) is 6.92 Å². The molecule has 2 bridgehead atoms. The van der Waals surface area contributed by atoms with Crippen LogP contribution in [-0.4, -0.2) is 18.5 Å². The maximum Gasteiger partial charge on any atom is 0.164 e. The summed E-state index contributed by atoms with van der Waals surface area (Å²) in [5.74, 6) is 1.65. The molecule has 0 N–H and O–H groups in total. The van der Waals surface area contributed by atoms with Crippen LogP contribution in [0.4, 0.5) is 0 Å². The van der Waals surface area contributed by atoms with Crippen molar-refractivity contribution in [2.24, 2.45) is 11.8 Å². The summed E-state index contributed by atoms with van der Waals surface area (Å²) < 4.78 is 5.60. The fourth-order valence-corrected chi connectivity index (χ4v) is 3.42. The Labute approximate surface area is 86.0 Å². The summed E-state index contributed by atoms with van der Waals surface area (Å²) in [6.45, 7) is 2.06. The predicted molar refractivity (Wildman–Crippen MR) is 55.1 cm³/mol. The normalized spacial score (nSPS) is 40.4. The lowest BCUT2D eigenvalue weighted by atomic mass is 9.79. The van der Waals surface area contributed by atoms with Crippen LogP contribution in [-0.2, 0) is 9.53 Å². The molecule has 0 amide bonds. The Morgan fingerprint density at radius 3 is 2.71 bits per heavy atom. The van der Waals surface area contributed by atoms with Gasteiger partial charge < -0.3 is 4.74 Å². The van der Waals surface area contributed by atoms with E-state index in [0.29, 0.717) is 18.1 Å². The lowest BCUT2D eigenvalue weighted by molar-refractivity contribution is -0.147. The number of carbonyl (C=O) groups is 1. The van der Waals surface area contributed by atoms with Crippen molar-refractivity contribution < 1.29 is 9.53 Å². The third-order valence-electron chi connectivity index (χ3n) is 4.11. The van der Waals surface area contributed by atoms with Gasteiger partial charge >= 0.3 is 0 Å². The van der Waals surface area contributed by atoms with Crippen LogP contribution in [0, 0.1) is 11.8 Å². The molecule has 0 aromatic carbocycles. The minimum Gasteiger partial charge on any atom is -0.370 e. The van der Waals surface area contributed by atoms with E-state index in [9.17, 15) is 4.79 Å². The molecule has 2 saturated carbocycles. The van der Waals surface area contributed by atoms with E-state index < -0.39 is 0 Å². The van der Waals surface area contributed by atoms with E-state index in [1.54, 1.807) is 7.11 Å². The molecule has 0 radical (unpaired) electrons. The molecule has 0 spiro atoms. The second-order valence-corrected chi connectivity index (χ2v) is 4.85. The molecule has 3 atom stereocenters. The van der Waals surface area contributed by atoms with Gasteiger partial charge in [-0.15, -0.1) is 0 Å². The second kappa shape index (κ2) is 3.65. The van der Waals surface area contributed by atoms with Crippen LogP contribution in [0.15, 0.2) is 0 Å². The molecule has 0 saturated heterocycles. The molecule has 2 heteroatoms. The third kappa shape index (κ3) is 1.31. The first-order valence-electron chi connectivity index (χ1n) is 5.81. The summed E-state index contributed by atoms with van der Waals surface area (Å²) in [6, 6.07) is 0. The Morgan fingerprint density at radius 1 is 1.50 bits per heavy atom. The molecule has 2 aliphatic carbocycles. The van der Waals surface area contributed by atoms with Crippen molar-refractivity contribution in [3.8, 4) is 0 Å². The molecule has 2 nitrogen and oxygen atoms in total. The van der Waals surface area contributed by atoms with Gasteiger partial charge in [0.25, 0.3) is 0 Å². The van der Waals surface area contributed by atoms with Crippen molar-refractivity contribution in [1.82, 2.24) is 0 Å². The van der Waals surface area contributed by atoms with Crippen LogP contribution in [0.1, 0.15) is 45.4 Å². The molecular formula is C12H20O2. The SMILES string of the molecule is CCCC(=O)C1(OC)CC2CCC1C2. The van der Waals surface area contributed by atoms with Gasteiger partial charge in [-0.2, -0.15) is 0 Å². The van der Waals surface area contributed by atoms with E-state index in [2.05, 4.69) is 6.92 Å². The number of ether oxygens (including phenoxy) is 1. The Balaban J connectivity index is 2.14. The van der Waals surface area contributed by atoms with Crippen molar-refractivity contribution in [2.45, 2.75) is 51.0 Å². The lowest BCUT2D eigenvalue weighted by Gasteiger charge is -2.34. The highest BCUT2D eigenvalue weighted by atomic mass is 16.5. The first-order chi connectivity index (χ1) is 6.73. The fourth-order valence-electron chi connectivity index (χ4n) is 3.42. The van der Waals surface area contributed by atoms with Crippen molar-refractivity contribution in [1.29, 1.82) is 0 Å². The number of methoxy groups -OCH3 is 1. The smallest absolute Gasteiger partial charge is 0.164 e. The Bertz CT molecular complexity index is 236. The number of carbonyl (C=O) groups excluding carboxylic acids is 1. The molecular weight excluding hydrogens is 176 g/mol. The average molecular weight is 196 g/mol. The monoisotopic (exact) mass is 196 g/mol. The van der Waals surface area contributed by atoms with Crippen molar-refractivity contribution in [3.63, 3.8) is 0 Å². The highest BCUT2D eigenvalue weighted by Gasteiger charge is 2.55. The minimum absolute atomic E-state index is 0.356. The summed E-state index contributed by atoms with van der Waals surface area (Å²) >= 11 is 0. The van der Waals surface area contributed by atoms with Gasteiger partial charge in [-0.05, 0) is 43.9 Å². The topological polar surface area (TPSA) is 26.3 Å². The Kier molecular flexibility index (Phi) is 2.65. The average Bonchev–Trinajstić information content (AvgIpc) is 2.77. The van der Waals surface area contributed by atoms with Crippen molar-refractivity contribution in [2.75, 3.05) is 7.11 Å². The first kappa shape index (κ1) is 10.2. The third-order valence-corrected chi connectivity index (χ3v) is 4.11. The molecule has 2 aliphatic rings. The molecule has 80 valence electrons. The maximum atomic E-state index is 12.1. The van der Waals surface area contributed by atoms with Crippen LogP contribution >= 0.6 is 0 Å². The summed E-state index contributed by atoms with van der Waals surface area (Å²) in [5, 5.41) is 0. The van der Waals surface area contributed by atoms with Gasteiger partial charge in [0, 0.05) is 13.5 Å². The molecule has 0 aromatic rings. The molecule has 0 heterocycles. The standard InChI is InChI=1S/C12H20O2/c1-3-4-11(13)12(14-2)8-9-5-6-10(12)7-9/h9-10H,3-8H2,1-2H3. The van der Waals surface area contributed by atoms with Gasteiger partial charge in [0.1, 0.15) is 5.60 Å². The highest BCUT2D eigenvalue weighted by molar-refractivity contribution is 5.88. The molecule has 0 aliphatic heterocycles. The first-order valence-corrected chi connectivity index (χ1v) is 5.81. The van der Waals surface area contributed by atoms with E-state index in [0.717, 1.165) is 18.8 Å². The van der Waals surface area contributed by atoms with Crippen LogP contribution in [0.5, 0.6) is 0 Å². The van der Waals surface area contributed by atoms with Crippen molar-refractivity contribution in [3.05, 3.63) is 0 Å². The van der Waals surface area contributed by atoms with Crippen molar-refractivity contribution >= 4 is 5.78 Å². The molecule has 0 aromatic heterocycles. The van der Waals surface area contributed by atoms with E-state index in [4.69, 9.17) is 4.74 Å². The number of fused-ring (bicyclic) bond motifs is 2. The zero-order chi connectivity index (χ0) is 10.2. The quantitative estimate of drug-likeness (QED) is 0.690. The highest BCUT2D eigenvalue weighted by Crippen LogP contribution is 2.53. The lowest BCUT2D eigenvalue weighted by Crippen LogP contribution is -2.45. The van der Waals surface area contributed by atoms with E-state index in [-0.39, 0.29) is 5.60 Å². The van der Waals surface area contributed by atoms with Crippen LogP contribution in [0.25, 0.3) is 0 Å². The fraction of sp³-hybridized carbons (Fsp3) is 0.917. The molecule has 2 rings (SSSR count). The zero-order valence-corrected chi connectivity index (χ0v) is 9.21. The van der Waals surface area contributed by atoms with E-state index in [1.165, 1.54) is 19.3 Å². The van der Waals surface area contributed by atoms with Gasteiger partial charge in [0.15, 0.2) is 5.78 Å². The largest absolute Gasteiger partial charge is 0.370 e. The van der Waals surface area contributed by atoms with Gasteiger partial charge in [-0.25, -0.2) is 0 Å². The Morgan fingerprint density at radius 2 is 2.29 bits per heavy atom. The summed E-state index contributed by atoms with van der Waals surface area (Å²) in [4.78, 5) is 12.1. The maximum absolute atomic E-state index is 12.1. The predicted octanol–water partition coefficient (Wildman–Crippen LogP) is 2.56. The Hall–Kier alpha value is -0.370. The summed E-state index contributed by atoms with van der Waals surface area (Å²) in [7, 11) is 1.72.